The number of hydrogen-bond acceptors (Lipinski definition) is 3. The number of aromatic amines is 1. The number of carbonyl (C=O) groups excluding carboxylic acids is 2. The molecule has 0 bridgehead atoms. The number of hydrogen-bond donors (Lipinski definition) is 2. The second-order valence-corrected chi connectivity index (χ2v) is 7.42. The lowest BCUT2D eigenvalue weighted by atomic mass is 10.0. The van der Waals surface area contributed by atoms with Crippen LogP contribution in [0, 0.1) is 13.8 Å². The van der Waals surface area contributed by atoms with Gasteiger partial charge in [0.1, 0.15) is 0 Å². The highest BCUT2D eigenvalue weighted by Crippen LogP contribution is 2.34. The molecule has 2 N–H and O–H groups in total. The molecule has 1 saturated heterocycles. The quantitative estimate of drug-likeness (QED) is 0.805. The molecule has 0 spiro atoms. The molecule has 6 heteroatoms. The van der Waals surface area contributed by atoms with Gasteiger partial charge in [-0.15, -0.1) is 0 Å². The Morgan fingerprint density at radius 2 is 1.85 bits per heavy atom. The molecule has 3 heterocycles. The number of likely N-dealkylation sites (N-methyl/N-ethyl adjacent to an activating group) is 1. The minimum atomic E-state index is -0.138. The van der Waals surface area contributed by atoms with E-state index in [0.717, 1.165) is 48.7 Å². The zero-order valence-electron chi connectivity index (χ0n) is 15.9. The lowest BCUT2D eigenvalue weighted by Crippen LogP contribution is -2.47. The molecule has 0 radical (unpaired) electrons. The Morgan fingerprint density at radius 3 is 2.52 bits per heavy atom. The van der Waals surface area contributed by atoms with Gasteiger partial charge in [-0.3, -0.25) is 9.59 Å². The van der Waals surface area contributed by atoms with Gasteiger partial charge >= 0.3 is 0 Å². The van der Waals surface area contributed by atoms with Crippen LogP contribution in [0.3, 0.4) is 0 Å². The molecule has 6 nitrogen and oxygen atoms in total. The average Bonchev–Trinajstić information content (AvgIpc) is 3.13. The summed E-state index contributed by atoms with van der Waals surface area (Å²) in [5.74, 6) is -0.116. The van der Waals surface area contributed by atoms with Crippen LogP contribution in [-0.2, 0) is 4.79 Å². The van der Waals surface area contributed by atoms with Crippen LogP contribution in [0.4, 0.5) is 5.69 Å². The fourth-order valence-electron chi connectivity index (χ4n) is 3.71. The van der Waals surface area contributed by atoms with Crippen molar-refractivity contribution in [1.82, 2.24) is 14.8 Å². The molecule has 0 atom stereocenters. The van der Waals surface area contributed by atoms with E-state index in [1.54, 1.807) is 6.07 Å². The van der Waals surface area contributed by atoms with E-state index in [2.05, 4.69) is 28.3 Å². The van der Waals surface area contributed by atoms with E-state index in [4.69, 9.17) is 0 Å². The third-order valence-electron chi connectivity index (χ3n) is 5.32. The SMILES string of the molecule is Cc1cc(C)c(/C=C2\C(=O)Nc3cc(C(=O)N4CCN(C)CC4)ccc32)[nH]1. The molecule has 0 aliphatic carbocycles. The largest absolute Gasteiger partial charge is 0.359 e. The van der Waals surface area contributed by atoms with E-state index in [1.165, 1.54) is 0 Å². The molecule has 0 saturated carbocycles. The molecule has 1 aromatic heterocycles. The molecular weight excluding hydrogens is 340 g/mol. The van der Waals surface area contributed by atoms with Gasteiger partial charge in [-0.2, -0.15) is 0 Å². The number of nitrogens with one attached hydrogen (secondary N) is 2. The molecule has 1 fully saturated rings. The van der Waals surface area contributed by atoms with Crippen LogP contribution in [0.15, 0.2) is 24.3 Å². The second kappa shape index (κ2) is 6.70. The molecule has 2 aromatic rings. The number of aromatic nitrogens is 1. The van der Waals surface area contributed by atoms with Gasteiger partial charge in [-0.05, 0) is 50.7 Å². The maximum atomic E-state index is 12.8. The van der Waals surface area contributed by atoms with Crippen molar-refractivity contribution in [2.45, 2.75) is 13.8 Å². The molecule has 2 aliphatic rings. The number of H-pyrrole nitrogens is 1. The Morgan fingerprint density at radius 1 is 1.11 bits per heavy atom. The summed E-state index contributed by atoms with van der Waals surface area (Å²) in [6.07, 6.45) is 1.88. The minimum Gasteiger partial charge on any atom is -0.359 e. The van der Waals surface area contributed by atoms with Gasteiger partial charge in [0.05, 0.1) is 5.57 Å². The predicted octanol–water partition coefficient (Wildman–Crippen LogP) is 2.51. The predicted molar refractivity (Wildman–Crippen MR) is 107 cm³/mol. The van der Waals surface area contributed by atoms with Crippen molar-refractivity contribution in [2.75, 3.05) is 38.5 Å². The minimum absolute atomic E-state index is 0.0217. The molecule has 27 heavy (non-hydrogen) atoms. The first-order valence-electron chi connectivity index (χ1n) is 9.24. The van der Waals surface area contributed by atoms with Gasteiger partial charge < -0.3 is 20.1 Å². The summed E-state index contributed by atoms with van der Waals surface area (Å²) in [6.45, 7) is 7.24. The smallest absolute Gasteiger partial charge is 0.256 e. The van der Waals surface area contributed by atoms with Crippen molar-refractivity contribution >= 4 is 29.2 Å². The van der Waals surface area contributed by atoms with Crippen LogP contribution in [0.1, 0.15) is 32.9 Å². The van der Waals surface area contributed by atoms with E-state index >= 15 is 0 Å². The molecule has 140 valence electrons. The number of carbonyl (C=O) groups is 2. The normalized spacial score (nSPS) is 18.7. The highest BCUT2D eigenvalue weighted by molar-refractivity contribution is 6.35. The number of aryl methyl sites for hydroxylation is 2. The van der Waals surface area contributed by atoms with Crippen LogP contribution in [0.5, 0.6) is 0 Å². The third kappa shape index (κ3) is 3.28. The summed E-state index contributed by atoms with van der Waals surface area (Å²) < 4.78 is 0. The van der Waals surface area contributed by atoms with Crippen molar-refractivity contribution in [1.29, 1.82) is 0 Å². The van der Waals surface area contributed by atoms with E-state index < -0.39 is 0 Å². The average molecular weight is 364 g/mol. The van der Waals surface area contributed by atoms with Gasteiger partial charge in [0.2, 0.25) is 0 Å². The van der Waals surface area contributed by atoms with Crippen LogP contribution >= 0.6 is 0 Å². The Balaban J connectivity index is 1.62. The van der Waals surface area contributed by atoms with E-state index in [0.29, 0.717) is 16.8 Å². The maximum absolute atomic E-state index is 12.8. The Kier molecular flexibility index (Phi) is 4.36. The molecule has 0 unspecified atom stereocenters. The zero-order valence-corrected chi connectivity index (χ0v) is 15.9. The van der Waals surface area contributed by atoms with Crippen molar-refractivity contribution in [2.24, 2.45) is 0 Å². The van der Waals surface area contributed by atoms with Gasteiger partial charge in [-0.25, -0.2) is 0 Å². The molecular formula is C21H24N4O2. The first-order chi connectivity index (χ1) is 12.9. The van der Waals surface area contributed by atoms with E-state index in [1.807, 2.05) is 37.0 Å². The van der Waals surface area contributed by atoms with Gasteiger partial charge in [0.15, 0.2) is 0 Å². The summed E-state index contributed by atoms with van der Waals surface area (Å²) in [7, 11) is 2.06. The first-order valence-corrected chi connectivity index (χ1v) is 9.24. The van der Waals surface area contributed by atoms with Gasteiger partial charge in [0, 0.05) is 54.4 Å². The monoisotopic (exact) mass is 364 g/mol. The number of nitrogens with zero attached hydrogens (tertiary/aromatic N) is 2. The zero-order chi connectivity index (χ0) is 19.1. The molecule has 1 aromatic carbocycles. The fraction of sp³-hybridized carbons (Fsp3) is 0.333. The standard InChI is InChI=1S/C21H24N4O2/c1-13-10-14(2)22-18(13)12-17-16-5-4-15(11-19(16)23-20(17)26)21(27)25-8-6-24(3)7-9-25/h4-5,10-12,22H,6-9H2,1-3H3,(H,23,26)/b17-12-. The number of piperazine rings is 1. The summed E-state index contributed by atoms with van der Waals surface area (Å²) in [5.41, 5.74) is 5.87. The van der Waals surface area contributed by atoms with Gasteiger partial charge in [0.25, 0.3) is 11.8 Å². The van der Waals surface area contributed by atoms with Crippen molar-refractivity contribution in [3.63, 3.8) is 0 Å². The lowest BCUT2D eigenvalue weighted by Gasteiger charge is -2.32. The number of fused-ring (bicyclic) bond motifs is 1. The summed E-state index contributed by atoms with van der Waals surface area (Å²) in [4.78, 5) is 32.6. The number of amides is 2. The highest BCUT2D eigenvalue weighted by Gasteiger charge is 2.27. The van der Waals surface area contributed by atoms with Crippen molar-refractivity contribution in [3.8, 4) is 0 Å². The maximum Gasteiger partial charge on any atom is 0.256 e. The van der Waals surface area contributed by atoms with Crippen LogP contribution in [0.25, 0.3) is 11.6 Å². The van der Waals surface area contributed by atoms with E-state index in [9.17, 15) is 9.59 Å². The second-order valence-electron chi connectivity index (χ2n) is 7.42. The van der Waals surface area contributed by atoms with Crippen molar-refractivity contribution < 1.29 is 9.59 Å². The molecule has 4 rings (SSSR count). The fourth-order valence-corrected chi connectivity index (χ4v) is 3.71. The summed E-state index contributed by atoms with van der Waals surface area (Å²) >= 11 is 0. The third-order valence-corrected chi connectivity index (χ3v) is 5.32. The van der Waals surface area contributed by atoms with Crippen molar-refractivity contribution in [3.05, 3.63) is 52.3 Å². The Labute approximate surface area is 158 Å². The number of rotatable bonds is 2. The van der Waals surface area contributed by atoms with E-state index in [-0.39, 0.29) is 11.8 Å². The Hall–Kier alpha value is -2.86. The number of benzene rings is 1. The highest BCUT2D eigenvalue weighted by atomic mass is 16.2. The summed E-state index contributed by atoms with van der Waals surface area (Å²) in [6, 6.07) is 7.54. The number of anilines is 1. The van der Waals surface area contributed by atoms with Crippen LogP contribution in [-0.4, -0.2) is 59.8 Å². The first kappa shape index (κ1) is 17.5. The summed E-state index contributed by atoms with van der Waals surface area (Å²) in [5, 5.41) is 2.90. The van der Waals surface area contributed by atoms with Crippen LogP contribution in [0.2, 0.25) is 0 Å². The van der Waals surface area contributed by atoms with Gasteiger partial charge in [-0.1, -0.05) is 6.07 Å². The van der Waals surface area contributed by atoms with Crippen LogP contribution < -0.4 is 5.32 Å². The Bertz CT molecular complexity index is 949. The molecule has 2 aliphatic heterocycles. The topological polar surface area (TPSA) is 68.4 Å². The molecule has 2 amide bonds. The lowest BCUT2D eigenvalue weighted by molar-refractivity contribution is -0.110.